The molecular formula is C14H23FN2O. The second-order valence-electron chi connectivity index (χ2n) is 4.43. The smallest absolute Gasteiger partial charge is 0.123 e. The molecule has 1 unspecified atom stereocenters. The molecule has 4 heteroatoms. The van der Waals surface area contributed by atoms with Crippen molar-refractivity contribution in [2.75, 3.05) is 33.4 Å². The van der Waals surface area contributed by atoms with Gasteiger partial charge in [-0.25, -0.2) is 4.39 Å². The van der Waals surface area contributed by atoms with Gasteiger partial charge in [0.25, 0.3) is 0 Å². The highest BCUT2D eigenvalue weighted by Gasteiger charge is 2.00. The van der Waals surface area contributed by atoms with E-state index in [1.165, 1.54) is 12.1 Å². The van der Waals surface area contributed by atoms with Crippen LogP contribution < -0.4 is 10.6 Å². The number of halogens is 1. The van der Waals surface area contributed by atoms with Crippen molar-refractivity contribution in [1.29, 1.82) is 0 Å². The Kier molecular flexibility index (Phi) is 7.57. The fraction of sp³-hybridized carbons (Fsp3) is 0.571. The van der Waals surface area contributed by atoms with E-state index in [-0.39, 0.29) is 5.82 Å². The number of methoxy groups -OCH3 is 1. The van der Waals surface area contributed by atoms with Crippen molar-refractivity contribution in [2.45, 2.75) is 19.4 Å². The molecule has 1 rings (SSSR count). The van der Waals surface area contributed by atoms with Gasteiger partial charge in [0, 0.05) is 26.2 Å². The summed E-state index contributed by atoms with van der Waals surface area (Å²) in [7, 11) is 1.70. The van der Waals surface area contributed by atoms with Gasteiger partial charge >= 0.3 is 0 Å². The normalized spacial score (nSPS) is 12.6. The molecule has 0 aliphatic rings. The maximum atomic E-state index is 12.7. The zero-order chi connectivity index (χ0) is 13.2. The van der Waals surface area contributed by atoms with Crippen molar-refractivity contribution in [3.05, 3.63) is 35.6 Å². The topological polar surface area (TPSA) is 33.3 Å². The van der Waals surface area contributed by atoms with Crippen molar-refractivity contribution in [3.63, 3.8) is 0 Å². The van der Waals surface area contributed by atoms with Crippen molar-refractivity contribution in [3.8, 4) is 0 Å². The van der Waals surface area contributed by atoms with Crippen LogP contribution in [-0.2, 0) is 11.2 Å². The van der Waals surface area contributed by atoms with Gasteiger partial charge in [-0.05, 0) is 37.6 Å². The molecule has 0 aliphatic heterocycles. The lowest BCUT2D eigenvalue weighted by Crippen LogP contribution is -2.38. The fourth-order valence-electron chi connectivity index (χ4n) is 1.68. The standard InChI is InChI=1S/C14H23FN2O/c1-12(11-16-9-10-18-2)17-8-7-13-3-5-14(15)6-4-13/h3-6,12,16-17H,7-11H2,1-2H3. The summed E-state index contributed by atoms with van der Waals surface area (Å²) in [6, 6.07) is 7.09. The first-order chi connectivity index (χ1) is 8.72. The van der Waals surface area contributed by atoms with E-state index >= 15 is 0 Å². The Morgan fingerprint density at radius 3 is 2.61 bits per heavy atom. The largest absolute Gasteiger partial charge is 0.383 e. The van der Waals surface area contributed by atoms with E-state index in [4.69, 9.17) is 4.74 Å². The molecular weight excluding hydrogens is 231 g/mol. The molecule has 0 radical (unpaired) electrons. The van der Waals surface area contributed by atoms with Gasteiger partial charge < -0.3 is 15.4 Å². The maximum Gasteiger partial charge on any atom is 0.123 e. The van der Waals surface area contributed by atoms with E-state index in [1.807, 2.05) is 12.1 Å². The molecule has 0 heterocycles. The van der Waals surface area contributed by atoms with Crippen LogP contribution in [-0.4, -0.2) is 39.4 Å². The minimum atomic E-state index is -0.178. The number of hydrogen-bond acceptors (Lipinski definition) is 3. The summed E-state index contributed by atoms with van der Waals surface area (Å²) < 4.78 is 17.7. The van der Waals surface area contributed by atoms with Gasteiger partial charge in [0.05, 0.1) is 6.61 Å². The summed E-state index contributed by atoms with van der Waals surface area (Å²) in [4.78, 5) is 0. The van der Waals surface area contributed by atoms with Crippen molar-refractivity contribution in [1.82, 2.24) is 10.6 Å². The molecule has 0 saturated carbocycles. The Balaban J connectivity index is 2.07. The Morgan fingerprint density at radius 1 is 1.22 bits per heavy atom. The first kappa shape index (κ1) is 15.1. The van der Waals surface area contributed by atoms with Crippen molar-refractivity contribution >= 4 is 0 Å². The highest BCUT2D eigenvalue weighted by Crippen LogP contribution is 2.02. The summed E-state index contributed by atoms with van der Waals surface area (Å²) in [5.74, 6) is -0.178. The highest BCUT2D eigenvalue weighted by molar-refractivity contribution is 5.16. The van der Waals surface area contributed by atoms with E-state index in [0.717, 1.165) is 38.2 Å². The first-order valence-electron chi connectivity index (χ1n) is 6.40. The molecule has 18 heavy (non-hydrogen) atoms. The monoisotopic (exact) mass is 254 g/mol. The van der Waals surface area contributed by atoms with Crippen molar-refractivity contribution < 1.29 is 9.13 Å². The third kappa shape index (κ3) is 6.69. The molecule has 0 aromatic heterocycles. The number of nitrogens with one attached hydrogen (secondary N) is 2. The number of benzene rings is 1. The van der Waals surface area contributed by atoms with Crippen LogP contribution in [0.5, 0.6) is 0 Å². The Labute approximate surface area is 109 Å². The van der Waals surface area contributed by atoms with E-state index < -0.39 is 0 Å². The van der Waals surface area contributed by atoms with Gasteiger partial charge in [-0.15, -0.1) is 0 Å². The van der Waals surface area contributed by atoms with Crippen LogP contribution in [0, 0.1) is 5.82 Å². The molecule has 0 aliphatic carbocycles. The van der Waals surface area contributed by atoms with Gasteiger partial charge in [0.1, 0.15) is 5.82 Å². The highest BCUT2D eigenvalue weighted by atomic mass is 19.1. The van der Waals surface area contributed by atoms with Gasteiger partial charge in [0.2, 0.25) is 0 Å². The van der Waals surface area contributed by atoms with Crippen LogP contribution >= 0.6 is 0 Å². The first-order valence-corrected chi connectivity index (χ1v) is 6.40. The molecule has 102 valence electrons. The van der Waals surface area contributed by atoms with Gasteiger partial charge in [-0.3, -0.25) is 0 Å². The van der Waals surface area contributed by atoms with E-state index in [0.29, 0.717) is 6.04 Å². The molecule has 1 aromatic rings. The van der Waals surface area contributed by atoms with Crippen LogP contribution in [0.3, 0.4) is 0 Å². The van der Waals surface area contributed by atoms with Crippen LogP contribution in [0.15, 0.2) is 24.3 Å². The summed E-state index contributed by atoms with van der Waals surface area (Å²) in [6.07, 6.45) is 0.919. The van der Waals surface area contributed by atoms with E-state index in [2.05, 4.69) is 17.6 Å². The number of hydrogen-bond donors (Lipinski definition) is 2. The minimum Gasteiger partial charge on any atom is -0.383 e. The zero-order valence-corrected chi connectivity index (χ0v) is 11.2. The second kappa shape index (κ2) is 9.03. The molecule has 1 atom stereocenters. The van der Waals surface area contributed by atoms with Gasteiger partial charge in [-0.1, -0.05) is 12.1 Å². The van der Waals surface area contributed by atoms with Gasteiger partial charge in [-0.2, -0.15) is 0 Å². The SMILES string of the molecule is COCCNCC(C)NCCc1ccc(F)cc1. The molecule has 0 saturated heterocycles. The molecule has 0 amide bonds. The fourth-order valence-corrected chi connectivity index (χ4v) is 1.68. The average Bonchev–Trinajstić information content (AvgIpc) is 2.37. The van der Waals surface area contributed by atoms with Crippen LogP contribution in [0.1, 0.15) is 12.5 Å². The average molecular weight is 254 g/mol. The molecule has 0 bridgehead atoms. The quantitative estimate of drug-likeness (QED) is 0.657. The van der Waals surface area contributed by atoms with Crippen LogP contribution in [0.2, 0.25) is 0 Å². The number of ether oxygens (including phenoxy) is 1. The lowest BCUT2D eigenvalue weighted by Gasteiger charge is -2.14. The van der Waals surface area contributed by atoms with Crippen LogP contribution in [0.4, 0.5) is 4.39 Å². The molecule has 0 fully saturated rings. The lowest BCUT2D eigenvalue weighted by molar-refractivity contribution is 0.198. The second-order valence-corrected chi connectivity index (χ2v) is 4.43. The molecule has 2 N–H and O–H groups in total. The maximum absolute atomic E-state index is 12.7. The zero-order valence-electron chi connectivity index (χ0n) is 11.2. The van der Waals surface area contributed by atoms with E-state index in [9.17, 15) is 4.39 Å². The summed E-state index contributed by atoms with van der Waals surface area (Å²) in [5, 5.41) is 6.73. The summed E-state index contributed by atoms with van der Waals surface area (Å²) >= 11 is 0. The minimum absolute atomic E-state index is 0.178. The molecule has 1 aromatic carbocycles. The summed E-state index contributed by atoms with van der Waals surface area (Å²) in [5.41, 5.74) is 1.16. The van der Waals surface area contributed by atoms with E-state index in [1.54, 1.807) is 7.11 Å². The third-order valence-corrected chi connectivity index (χ3v) is 2.75. The summed E-state index contributed by atoms with van der Waals surface area (Å²) in [6.45, 7) is 5.58. The van der Waals surface area contributed by atoms with Gasteiger partial charge in [0.15, 0.2) is 0 Å². The third-order valence-electron chi connectivity index (χ3n) is 2.75. The predicted molar refractivity (Wildman–Crippen MR) is 72.3 cm³/mol. The lowest BCUT2D eigenvalue weighted by atomic mass is 10.1. The Bertz CT molecular complexity index is 316. The molecule has 0 spiro atoms. The Hall–Kier alpha value is -0.970. The predicted octanol–water partition coefficient (Wildman–Crippen LogP) is 1.58. The van der Waals surface area contributed by atoms with Crippen molar-refractivity contribution in [2.24, 2.45) is 0 Å². The molecule has 3 nitrogen and oxygen atoms in total. The Morgan fingerprint density at radius 2 is 1.94 bits per heavy atom. The van der Waals surface area contributed by atoms with Crippen LogP contribution in [0.25, 0.3) is 0 Å². The number of rotatable bonds is 9.